The average Bonchev–Trinajstić information content (AvgIpc) is 3.31. The second-order valence-electron chi connectivity index (χ2n) is 7.79. The molecule has 5 rings (SSSR count). The summed E-state index contributed by atoms with van der Waals surface area (Å²) < 4.78 is 0. The van der Waals surface area contributed by atoms with Crippen LogP contribution in [0.2, 0.25) is 0 Å². The van der Waals surface area contributed by atoms with Crippen molar-refractivity contribution in [2.45, 2.75) is 32.4 Å². The molecule has 3 aliphatic rings. The number of hydrogen-bond acceptors (Lipinski definition) is 4. The minimum atomic E-state index is -0.383. The van der Waals surface area contributed by atoms with E-state index in [-0.39, 0.29) is 29.8 Å². The summed E-state index contributed by atoms with van der Waals surface area (Å²) >= 11 is 0. The van der Waals surface area contributed by atoms with Gasteiger partial charge in [0.25, 0.3) is 5.91 Å². The Bertz CT molecular complexity index is 926. The van der Waals surface area contributed by atoms with Gasteiger partial charge >= 0.3 is 0 Å². The lowest BCUT2D eigenvalue weighted by atomic mass is 9.90. The highest BCUT2D eigenvalue weighted by Gasteiger charge is 2.62. The SMILES string of the molecule is Cc1ccc(N2C(=O)[C@H]3[C@@H](c4ccccc4)N4CCCN4[C@H]3C2=O)cc1C. The van der Waals surface area contributed by atoms with Crippen LogP contribution in [0.4, 0.5) is 5.69 Å². The van der Waals surface area contributed by atoms with Gasteiger partial charge in [0.15, 0.2) is 0 Å². The molecule has 3 saturated heterocycles. The maximum atomic E-state index is 13.5. The zero-order valence-corrected chi connectivity index (χ0v) is 15.6. The van der Waals surface area contributed by atoms with Crippen LogP contribution in [0, 0.1) is 19.8 Å². The van der Waals surface area contributed by atoms with Crippen molar-refractivity contribution in [1.82, 2.24) is 10.0 Å². The Kier molecular flexibility index (Phi) is 3.71. The van der Waals surface area contributed by atoms with E-state index in [4.69, 9.17) is 0 Å². The Morgan fingerprint density at radius 2 is 1.52 bits per heavy atom. The highest BCUT2D eigenvalue weighted by atomic mass is 16.2. The predicted molar refractivity (Wildman–Crippen MR) is 103 cm³/mol. The summed E-state index contributed by atoms with van der Waals surface area (Å²) in [6, 6.07) is 15.5. The van der Waals surface area contributed by atoms with Gasteiger partial charge in [-0.1, -0.05) is 36.4 Å². The standard InChI is InChI=1S/C22H23N3O2/c1-14-9-10-17(13-15(14)2)25-21(26)18-19(16-7-4-3-5-8-16)23-11-6-12-24(23)20(18)22(25)27/h3-5,7-10,13,18-20H,6,11-12H2,1-2H3/t18-,19+,20+/m0/s1. The number of aryl methyl sites for hydroxylation is 2. The molecule has 2 aromatic carbocycles. The van der Waals surface area contributed by atoms with Crippen LogP contribution in [0.25, 0.3) is 0 Å². The van der Waals surface area contributed by atoms with Crippen molar-refractivity contribution in [3.05, 3.63) is 65.2 Å². The van der Waals surface area contributed by atoms with Gasteiger partial charge < -0.3 is 0 Å². The molecule has 3 fully saturated rings. The molecular formula is C22H23N3O2. The molecule has 138 valence electrons. The first-order valence-electron chi connectivity index (χ1n) is 9.61. The van der Waals surface area contributed by atoms with Gasteiger partial charge in [-0.05, 0) is 49.1 Å². The Hall–Kier alpha value is -2.50. The van der Waals surface area contributed by atoms with E-state index in [0.29, 0.717) is 5.69 Å². The lowest BCUT2D eigenvalue weighted by Crippen LogP contribution is -2.44. The summed E-state index contributed by atoms with van der Waals surface area (Å²) in [6.45, 7) is 5.79. The van der Waals surface area contributed by atoms with E-state index >= 15 is 0 Å². The summed E-state index contributed by atoms with van der Waals surface area (Å²) in [7, 11) is 0. The fourth-order valence-electron chi connectivity index (χ4n) is 4.88. The van der Waals surface area contributed by atoms with Gasteiger partial charge in [0.2, 0.25) is 5.91 Å². The summed E-state index contributed by atoms with van der Waals surface area (Å²) in [4.78, 5) is 28.2. The largest absolute Gasteiger partial charge is 0.274 e. The molecule has 3 aliphatic heterocycles. The molecule has 0 saturated carbocycles. The number of nitrogens with zero attached hydrogens (tertiary/aromatic N) is 3. The number of hydrazine groups is 1. The van der Waals surface area contributed by atoms with Crippen LogP contribution < -0.4 is 4.90 Å². The number of anilines is 1. The monoisotopic (exact) mass is 361 g/mol. The minimum Gasteiger partial charge on any atom is -0.274 e. The fourth-order valence-corrected chi connectivity index (χ4v) is 4.88. The molecular weight excluding hydrogens is 338 g/mol. The third-order valence-electron chi connectivity index (χ3n) is 6.30. The summed E-state index contributed by atoms with van der Waals surface area (Å²) in [5.74, 6) is -0.503. The highest BCUT2D eigenvalue weighted by Crippen LogP contribution is 2.48. The smallest absolute Gasteiger partial charge is 0.253 e. The number of benzene rings is 2. The molecule has 3 atom stereocenters. The third kappa shape index (κ3) is 2.32. The van der Waals surface area contributed by atoms with Gasteiger partial charge in [-0.2, -0.15) is 0 Å². The molecule has 0 bridgehead atoms. The minimum absolute atomic E-state index is 0.0632. The van der Waals surface area contributed by atoms with E-state index in [0.717, 1.165) is 36.2 Å². The molecule has 3 heterocycles. The number of carbonyl (C=O) groups is 2. The summed E-state index contributed by atoms with van der Waals surface area (Å²) in [5, 5.41) is 4.39. The molecule has 0 N–H and O–H groups in total. The van der Waals surface area contributed by atoms with Crippen LogP contribution in [0.1, 0.15) is 29.2 Å². The second-order valence-corrected chi connectivity index (χ2v) is 7.79. The average molecular weight is 361 g/mol. The van der Waals surface area contributed by atoms with Gasteiger partial charge in [0.05, 0.1) is 17.6 Å². The van der Waals surface area contributed by atoms with Crippen molar-refractivity contribution in [2.24, 2.45) is 5.92 Å². The molecule has 0 aliphatic carbocycles. The number of carbonyl (C=O) groups excluding carboxylic acids is 2. The molecule has 0 unspecified atom stereocenters. The number of hydrogen-bond donors (Lipinski definition) is 0. The maximum absolute atomic E-state index is 13.5. The van der Waals surface area contributed by atoms with Crippen molar-refractivity contribution in [3.8, 4) is 0 Å². The second kappa shape index (κ2) is 6.01. The number of fused-ring (bicyclic) bond motifs is 3. The molecule has 5 nitrogen and oxygen atoms in total. The Morgan fingerprint density at radius 3 is 2.22 bits per heavy atom. The quantitative estimate of drug-likeness (QED) is 0.772. The van der Waals surface area contributed by atoms with Crippen molar-refractivity contribution >= 4 is 17.5 Å². The van der Waals surface area contributed by atoms with E-state index in [1.165, 1.54) is 4.90 Å². The zero-order chi connectivity index (χ0) is 18.7. The molecule has 0 spiro atoms. The number of imide groups is 1. The van der Waals surface area contributed by atoms with E-state index in [1.807, 2.05) is 50.2 Å². The van der Waals surface area contributed by atoms with E-state index in [2.05, 4.69) is 22.2 Å². The first-order valence-corrected chi connectivity index (χ1v) is 9.61. The van der Waals surface area contributed by atoms with Crippen molar-refractivity contribution in [2.75, 3.05) is 18.0 Å². The van der Waals surface area contributed by atoms with Gasteiger partial charge in [-0.3, -0.25) is 9.59 Å². The Labute approximate surface area is 159 Å². The van der Waals surface area contributed by atoms with Crippen molar-refractivity contribution in [3.63, 3.8) is 0 Å². The van der Waals surface area contributed by atoms with E-state index in [1.54, 1.807) is 0 Å². The van der Waals surface area contributed by atoms with Crippen LogP contribution in [0.15, 0.2) is 48.5 Å². The van der Waals surface area contributed by atoms with Crippen LogP contribution in [0.5, 0.6) is 0 Å². The Morgan fingerprint density at radius 1 is 0.815 bits per heavy atom. The van der Waals surface area contributed by atoms with Crippen molar-refractivity contribution < 1.29 is 9.59 Å². The normalized spacial score (nSPS) is 28.1. The fraction of sp³-hybridized carbons (Fsp3) is 0.364. The summed E-state index contributed by atoms with van der Waals surface area (Å²) in [5.41, 5.74) is 4.05. The topological polar surface area (TPSA) is 43.9 Å². The number of amides is 2. The predicted octanol–water partition coefficient (Wildman–Crippen LogP) is 2.84. The third-order valence-corrected chi connectivity index (χ3v) is 6.30. The zero-order valence-electron chi connectivity index (χ0n) is 15.6. The van der Waals surface area contributed by atoms with E-state index < -0.39 is 0 Å². The lowest BCUT2D eigenvalue weighted by molar-refractivity contribution is -0.126. The van der Waals surface area contributed by atoms with Crippen molar-refractivity contribution in [1.29, 1.82) is 0 Å². The van der Waals surface area contributed by atoms with Crippen LogP contribution in [-0.2, 0) is 9.59 Å². The highest BCUT2D eigenvalue weighted by molar-refractivity contribution is 6.24. The first-order chi connectivity index (χ1) is 13.1. The van der Waals surface area contributed by atoms with Gasteiger partial charge in [0, 0.05) is 13.1 Å². The molecule has 5 heteroatoms. The van der Waals surface area contributed by atoms with Gasteiger partial charge in [-0.25, -0.2) is 14.9 Å². The van der Waals surface area contributed by atoms with Crippen LogP contribution in [-0.4, -0.2) is 41.0 Å². The van der Waals surface area contributed by atoms with E-state index in [9.17, 15) is 9.59 Å². The summed E-state index contributed by atoms with van der Waals surface area (Å²) in [6.07, 6.45) is 1.03. The molecule has 2 amide bonds. The van der Waals surface area contributed by atoms with Crippen LogP contribution in [0.3, 0.4) is 0 Å². The number of rotatable bonds is 2. The first kappa shape index (κ1) is 16.7. The lowest BCUT2D eigenvalue weighted by Gasteiger charge is -2.29. The molecule has 0 aromatic heterocycles. The maximum Gasteiger partial charge on any atom is 0.253 e. The van der Waals surface area contributed by atoms with Gasteiger partial charge in [0.1, 0.15) is 6.04 Å². The van der Waals surface area contributed by atoms with Gasteiger partial charge in [-0.15, -0.1) is 0 Å². The molecule has 2 aromatic rings. The van der Waals surface area contributed by atoms with Crippen LogP contribution >= 0.6 is 0 Å². The Balaban J connectivity index is 1.59. The molecule has 27 heavy (non-hydrogen) atoms. The molecule has 0 radical (unpaired) electrons.